The van der Waals surface area contributed by atoms with Gasteiger partial charge in [-0.15, -0.1) is 0 Å². The van der Waals surface area contributed by atoms with Crippen LogP contribution >= 0.6 is 15.9 Å². The molecule has 0 radical (unpaired) electrons. The van der Waals surface area contributed by atoms with E-state index in [4.69, 9.17) is 14.5 Å². The van der Waals surface area contributed by atoms with Crippen LogP contribution in [-0.2, 0) is 13.0 Å². The van der Waals surface area contributed by atoms with E-state index in [1.807, 2.05) is 54.6 Å². The molecule has 1 N–H and O–H groups in total. The minimum absolute atomic E-state index is 0.0876. The highest BCUT2D eigenvalue weighted by molar-refractivity contribution is 9.10. The average molecular weight is 508 g/mol. The first-order valence-corrected chi connectivity index (χ1v) is 11.7. The van der Waals surface area contributed by atoms with E-state index in [-0.39, 0.29) is 5.91 Å². The molecule has 0 bridgehead atoms. The number of methoxy groups -OCH3 is 1. The van der Waals surface area contributed by atoms with Crippen molar-refractivity contribution in [3.05, 3.63) is 88.7 Å². The van der Waals surface area contributed by atoms with Gasteiger partial charge in [-0.05, 0) is 55.0 Å². The van der Waals surface area contributed by atoms with Crippen LogP contribution in [0.4, 0.5) is 0 Å². The molecule has 0 spiro atoms. The Labute approximate surface area is 201 Å². The van der Waals surface area contributed by atoms with E-state index in [9.17, 15) is 4.79 Å². The Bertz CT molecular complexity index is 1220. The van der Waals surface area contributed by atoms with Gasteiger partial charge in [0, 0.05) is 29.5 Å². The topological polar surface area (TPSA) is 65.4 Å². The van der Waals surface area contributed by atoms with Crippen molar-refractivity contribution in [3.8, 4) is 11.5 Å². The molecule has 0 aliphatic carbocycles. The first kappa shape index (κ1) is 22.9. The molecule has 1 aromatic heterocycles. The number of carbonyl (C=O) groups is 1. The number of benzene rings is 3. The third-order valence-corrected chi connectivity index (χ3v) is 5.86. The predicted octanol–water partition coefficient (Wildman–Crippen LogP) is 5.25. The summed E-state index contributed by atoms with van der Waals surface area (Å²) in [5, 5.41) is 2.99. The van der Waals surface area contributed by atoms with E-state index in [1.165, 1.54) is 0 Å². The average Bonchev–Trinajstić information content (AvgIpc) is 3.19. The van der Waals surface area contributed by atoms with Gasteiger partial charge in [-0.1, -0.05) is 40.2 Å². The van der Waals surface area contributed by atoms with Crippen LogP contribution in [0.5, 0.6) is 11.5 Å². The highest BCUT2D eigenvalue weighted by atomic mass is 79.9. The molecule has 0 saturated carbocycles. The normalized spacial score (nSPS) is 10.8. The lowest BCUT2D eigenvalue weighted by atomic mass is 10.2. The van der Waals surface area contributed by atoms with Gasteiger partial charge < -0.3 is 19.4 Å². The Hall–Kier alpha value is -3.32. The molecule has 170 valence electrons. The number of rotatable bonds is 10. The molecule has 33 heavy (non-hydrogen) atoms. The van der Waals surface area contributed by atoms with Gasteiger partial charge in [0.15, 0.2) is 11.5 Å². The monoisotopic (exact) mass is 507 g/mol. The van der Waals surface area contributed by atoms with Crippen molar-refractivity contribution < 1.29 is 14.3 Å². The Kier molecular flexibility index (Phi) is 7.62. The van der Waals surface area contributed by atoms with Gasteiger partial charge in [-0.25, -0.2) is 4.98 Å². The summed E-state index contributed by atoms with van der Waals surface area (Å²) in [6.07, 6.45) is 1.46. The number of amides is 1. The summed E-state index contributed by atoms with van der Waals surface area (Å²) in [4.78, 5) is 17.2. The molecular formula is C26H26BrN3O3. The van der Waals surface area contributed by atoms with Crippen molar-refractivity contribution in [2.45, 2.75) is 19.4 Å². The number of fused-ring (bicyclic) bond motifs is 1. The van der Waals surface area contributed by atoms with Crippen molar-refractivity contribution >= 4 is 32.9 Å². The Morgan fingerprint density at radius 3 is 2.52 bits per heavy atom. The quantitative estimate of drug-likeness (QED) is 0.297. The number of hydrogen-bond donors (Lipinski definition) is 1. The molecule has 0 fully saturated rings. The van der Waals surface area contributed by atoms with Gasteiger partial charge in [-0.3, -0.25) is 4.79 Å². The van der Waals surface area contributed by atoms with Gasteiger partial charge in [0.05, 0.1) is 24.8 Å². The van der Waals surface area contributed by atoms with Crippen LogP contribution < -0.4 is 14.8 Å². The molecule has 0 aliphatic rings. The number of aryl methyl sites for hydroxylation is 1. The van der Waals surface area contributed by atoms with Crippen LogP contribution in [0, 0.1) is 0 Å². The van der Waals surface area contributed by atoms with Crippen LogP contribution in [-0.4, -0.2) is 35.7 Å². The third-order valence-electron chi connectivity index (χ3n) is 5.33. The lowest BCUT2D eigenvalue weighted by Crippen LogP contribution is -2.26. The van der Waals surface area contributed by atoms with Crippen LogP contribution in [0.2, 0.25) is 0 Å². The number of nitrogens with zero attached hydrogens (tertiary/aromatic N) is 2. The van der Waals surface area contributed by atoms with Crippen LogP contribution in [0.15, 0.2) is 77.3 Å². The minimum atomic E-state index is -0.0876. The zero-order valence-electron chi connectivity index (χ0n) is 18.5. The van der Waals surface area contributed by atoms with Gasteiger partial charge >= 0.3 is 0 Å². The summed E-state index contributed by atoms with van der Waals surface area (Å²) in [7, 11) is 1.64. The second-order valence-corrected chi connectivity index (χ2v) is 8.45. The zero-order valence-corrected chi connectivity index (χ0v) is 20.0. The second-order valence-electron chi connectivity index (χ2n) is 7.53. The summed E-state index contributed by atoms with van der Waals surface area (Å²) in [5.41, 5.74) is 2.68. The summed E-state index contributed by atoms with van der Waals surface area (Å²) in [6.45, 7) is 1.84. The summed E-state index contributed by atoms with van der Waals surface area (Å²) in [5.74, 6) is 2.33. The lowest BCUT2D eigenvalue weighted by Gasteiger charge is -2.12. The molecule has 4 rings (SSSR count). The van der Waals surface area contributed by atoms with Crippen molar-refractivity contribution in [2.75, 3.05) is 20.3 Å². The molecule has 3 aromatic carbocycles. The number of ether oxygens (including phenoxy) is 2. The number of nitrogens with one attached hydrogen (secondary N) is 1. The van der Waals surface area contributed by atoms with E-state index in [2.05, 4.69) is 31.9 Å². The SMILES string of the molecule is COc1ccccc1OCCCn1c(CCNC(=O)c2ccc(Br)cc2)nc2ccccc21. The van der Waals surface area contributed by atoms with Crippen molar-refractivity contribution in [2.24, 2.45) is 0 Å². The van der Waals surface area contributed by atoms with Gasteiger partial charge in [0.25, 0.3) is 5.91 Å². The fourth-order valence-corrected chi connectivity index (χ4v) is 3.96. The molecule has 4 aromatic rings. The second kappa shape index (κ2) is 11.0. The van der Waals surface area contributed by atoms with E-state index in [1.54, 1.807) is 19.2 Å². The Balaban J connectivity index is 1.38. The highest BCUT2D eigenvalue weighted by Gasteiger charge is 2.12. The summed E-state index contributed by atoms with van der Waals surface area (Å²) < 4.78 is 14.4. The largest absolute Gasteiger partial charge is 0.493 e. The van der Waals surface area contributed by atoms with E-state index < -0.39 is 0 Å². The first-order valence-electron chi connectivity index (χ1n) is 10.9. The maximum Gasteiger partial charge on any atom is 0.251 e. The molecular weight excluding hydrogens is 482 g/mol. The van der Waals surface area contributed by atoms with Crippen molar-refractivity contribution in [1.82, 2.24) is 14.9 Å². The van der Waals surface area contributed by atoms with E-state index in [0.29, 0.717) is 25.1 Å². The maximum absolute atomic E-state index is 12.4. The lowest BCUT2D eigenvalue weighted by molar-refractivity contribution is 0.0954. The standard InChI is InChI=1S/C26H26BrN3O3/c1-32-23-9-4-5-10-24(23)33-18-6-17-30-22-8-3-2-7-21(22)29-25(30)15-16-28-26(31)19-11-13-20(27)14-12-19/h2-5,7-14H,6,15-18H2,1H3,(H,28,31). The summed E-state index contributed by atoms with van der Waals surface area (Å²) in [6, 6.07) is 23.1. The van der Waals surface area contributed by atoms with Gasteiger partial charge in [0.2, 0.25) is 0 Å². The molecule has 6 nitrogen and oxygen atoms in total. The third kappa shape index (κ3) is 5.73. The van der Waals surface area contributed by atoms with E-state index >= 15 is 0 Å². The van der Waals surface area contributed by atoms with Crippen LogP contribution in [0.1, 0.15) is 22.6 Å². The first-order chi connectivity index (χ1) is 16.2. The molecule has 1 heterocycles. The molecule has 7 heteroatoms. The maximum atomic E-state index is 12.4. The van der Waals surface area contributed by atoms with Gasteiger partial charge in [0.1, 0.15) is 5.82 Å². The van der Waals surface area contributed by atoms with Crippen LogP contribution in [0.25, 0.3) is 11.0 Å². The number of carbonyl (C=O) groups excluding carboxylic acids is 1. The predicted molar refractivity (Wildman–Crippen MR) is 133 cm³/mol. The molecule has 0 aliphatic heterocycles. The Morgan fingerprint density at radius 2 is 1.73 bits per heavy atom. The number of para-hydroxylation sites is 4. The Morgan fingerprint density at radius 1 is 1.00 bits per heavy atom. The highest BCUT2D eigenvalue weighted by Crippen LogP contribution is 2.26. The van der Waals surface area contributed by atoms with Crippen molar-refractivity contribution in [1.29, 1.82) is 0 Å². The molecule has 0 saturated heterocycles. The fourth-order valence-electron chi connectivity index (χ4n) is 3.70. The summed E-state index contributed by atoms with van der Waals surface area (Å²) >= 11 is 3.39. The van der Waals surface area contributed by atoms with E-state index in [0.717, 1.165) is 45.8 Å². The molecule has 1 amide bonds. The van der Waals surface area contributed by atoms with Gasteiger partial charge in [-0.2, -0.15) is 0 Å². The smallest absolute Gasteiger partial charge is 0.251 e. The minimum Gasteiger partial charge on any atom is -0.493 e. The zero-order chi connectivity index (χ0) is 23.0. The number of halogens is 1. The number of imidazole rings is 1. The number of hydrogen-bond acceptors (Lipinski definition) is 4. The fraction of sp³-hybridized carbons (Fsp3) is 0.231. The molecule has 0 atom stereocenters. The number of aromatic nitrogens is 2. The van der Waals surface area contributed by atoms with Crippen LogP contribution in [0.3, 0.4) is 0 Å². The van der Waals surface area contributed by atoms with Crippen molar-refractivity contribution in [3.63, 3.8) is 0 Å². The molecule has 0 unspecified atom stereocenters.